The van der Waals surface area contributed by atoms with Crippen LogP contribution in [0.15, 0.2) is 29.4 Å². The molecule has 27 heavy (non-hydrogen) atoms. The van der Waals surface area contributed by atoms with Crippen molar-refractivity contribution in [2.45, 2.75) is 27.2 Å². The summed E-state index contributed by atoms with van der Waals surface area (Å²) >= 11 is 0. The molecule has 0 aliphatic rings. The zero-order valence-corrected chi connectivity index (χ0v) is 18.6. The third kappa shape index (κ3) is 7.00. The summed E-state index contributed by atoms with van der Waals surface area (Å²) in [6, 6.07) is 4.74. The van der Waals surface area contributed by atoms with Gasteiger partial charge >= 0.3 is 0 Å². The smallest absolute Gasteiger partial charge is 0.225 e. The third-order valence-electron chi connectivity index (χ3n) is 4.02. The Hall–Kier alpha value is -1.84. The van der Waals surface area contributed by atoms with Gasteiger partial charge < -0.3 is 20.9 Å². The van der Waals surface area contributed by atoms with E-state index in [9.17, 15) is 9.18 Å². The summed E-state index contributed by atoms with van der Waals surface area (Å²) in [5, 5.41) is 10.2. The minimum Gasteiger partial charge on any atom is -0.361 e. The Bertz CT molecular complexity index is 782. The number of aromatic nitrogens is 1. The Labute approximate surface area is 176 Å². The van der Waals surface area contributed by atoms with E-state index < -0.39 is 5.41 Å². The lowest BCUT2D eigenvalue weighted by Gasteiger charge is -2.18. The van der Waals surface area contributed by atoms with Crippen molar-refractivity contribution in [1.29, 1.82) is 0 Å². The lowest BCUT2D eigenvalue weighted by Crippen LogP contribution is -2.43. The fourth-order valence-corrected chi connectivity index (χ4v) is 2.52. The van der Waals surface area contributed by atoms with Crippen LogP contribution in [0.4, 0.5) is 4.39 Å². The van der Waals surface area contributed by atoms with Gasteiger partial charge in [-0.15, -0.1) is 24.0 Å². The van der Waals surface area contributed by atoms with Crippen molar-refractivity contribution in [3.8, 4) is 0 Å². The van der Waals surface area contributed by atoms with Gasteiger partial charge in [0.1, 0.15) is 5.82 Å². The van der Waals surface area contributed by atoms with Gasteiger partial charge in [0.15, 0.2) is 5.96 Å². The van der Waals surface area contributed by atoms with Crippen LogP contribution in [0.25, 0.3) is 10.9 Å². The molecule has 0 spiro atoms. The van der Waals surface area contributed by atoms with Gasteiger partial charge in [-0.25, -0.2) is 4.39 Å². The van der Waals surface area contributed by atoms with E-state index in [4.69, 9.17) is 0 Å². The second-order valence-electron chi connectivity index (χ2n) is 7.19. The molecule has 6 nitrogen and oxygen atoms in total. The molecule has 1 aromatic carbocycles. The number of H-pyrrole nitrogens is 1. The number of aliphatic imine (C=N–C) groups is 1. The molecule has 0 atom stereocenters. The molecule has 2 aromatic rings. The van der Waals surface area contributed by atoms with Crippen molar-refractivity contribution in [2.75, 3.05) is 26.7 Å². The topological polar surface area (TPSA) is 81.3 Å². The van der Waals surface area contributed by atoms with Gasteiger partial charge in [-0.1, -0.05) is 20.8 Å². The standard InChI is InChI=1S/C19H28FN5O.HI/c1-19(2,3)17(26)22-9-10-24-18(21-4)23-8-7-13-12-25-16-6-5-14(20)11-15(13)16;/h5-6,11-12,25H,7-10H2,1-4H3,(H,22,26)(H2,21,23,24);1H. The Kier molecular flexibility index (Phi) is 9.01. The molecule has 1 amide bonds. The highest BCUT2D eigenvalue weighted by atomic mass is 127. The van der Waals surface area contributed by atoms with Gasteiger partial charge in [-0.05, 0) is 30.2 Å². The highest BCUT2D eigenvalue weighted by Gasteiger charge is 2.20. The summed E-state index contributed by atoms with van der Waals surface area (Å²) < 4.78 is 13.4. The van der Waals surface area contributed by atoms with E-state index in [1.54, 1.807) is 19.2 Å². The SMILES string of the molecule is CN=C(NCCNC(=O)C(C)(C)C)NCCc1c[nH]c2ccc(F)cc12.I. The minimum absolute atomic E-state index is 0. The van der Waals surface area contributed by atoms with Crippen molar-refractivity contribution < 1.29 is 9.18 Å². The van der Waals surface area contributed by atoms with Crippen molar-refractivity contribution in [2.24, 2.45) is 10.4 Å². The summed E-state index contributed by atoms with van der Waals surface area (Å²) in [6.07, 6.45) is 2.65. The van der Waals surface area contributed by atoms with Crippen LogP contribution in [0.3, 0.4) is 0 Å². The molecule has 0 radical (unpaired) electrons. The number of benzene rings is 1. The van der Waals surface area contributed by atoms with E-state index in [0.29, 0.717) is 25.6 Å². The molecule has 150 valence electrons. The lowest BCUT2D eigenvalue weighted by atomic mass is 9.96. The second-order valence-corrected chi connectivity index (χ2v) is 7.19. The molecule has 0 aliphatic carbocycles. The van der Waals surface area contributed by atoms with Gasteiger partial charge in [0.2, 0.25) is 5.91 Å². The monoisotopic (exact) mass is 489 g/mol. The summed E-state index contributed by atoms with van der Waals surface area (Å²) in [5.41, 5.74) is 1.59. The first-order valence-corrected chi connectivity index (χ1v) is 8.79. The Morgan fingerprint density at radius 1 is 1.15 bits per heavy atom. The molecule has 0 saturated heterocycles. The number of fused-ring (bicyclic) bond motifs is 1. The summed E-state index contributed by atoms with van der Waals surface area (Å²) in [7, 11) is 1.70. The van der Waals surface area contributed by atoms with Crippen molar-refractivity contribution >= 4 is 46.7 Å². The molecule has 8 heteroatoms. The van der Waals surface area contributed by atoms with E-state index >= 15 is 0 Å². The Morgan fingerprint density at radius 2 is 1.81 bits per heavy atom. The van der Waals surface area contributed by atoms with E-state index in [2.05, 4.69) is 25.9 Å². The number of amides is 1. The maximum Gasteiger partial charge on any atom is 0.225 e. The number of aromatic amines is 1. The van der Waals surface area contributed by atoms with Gasteiger partial charge in [0.25, 0.3) is 0 Å². The lowest BCUT2D eigenvalue weighted by molar-refractivity contribution is -0.128. The summed E-state index contributed by atoms with van der Waals surface area (Å²) in [4.78, 5) is 19.1. The van der Waals surface area contributed by atoms with Crippen LogP contribution >= 0.6 is 24.0 Å². The molecule has 0 saturated carbocycles. The van der Waals surface area contributed by atoms with Crippen molar-refractivity contribution in [1.82, 2.24) is 20.9 Å². The zero-order chi connectivity index (χ0) is 19.2. The fourth-order valence-electron chi connectivity index (χ4n) is 2.52. The largest absolute Gasteiger partial charge is 0.361 e. The third-order valence-corrected chi connectivity index (χ3v) is 4.02. The maximum atomic E-state index is 13.4. The van der Waals surface area contributed by atoms with Crippen LogP contribution in [0.1, 0.15) is 26.3 Å². The highest BCUT2D eigenvalue weighted by molar-refractivity contribution is 14.0. The van der Waals surface area contributed by atoms with Gasteiger partial charge in [-0.2, -0.15) is 0 Å². The predicted molar refractivity (Wildman–Crippen MR) is 119 cm³/mol. The van der Waals surface area contributed by atoms with Gasteiger partial charge in [0.05, 0.1) is 0 Å². The number of halogens is 2. The Balaban J connectivity index is 0.00000364. The molecule has 0 unspecified atom stereocenters. The van der Waals surface area contributed by atoms with Crippen LogP contribution in [0.2, 0.25) is 0 Å². The number of rotatable bonds is 6. The highest BCUT2D eigenvalue weighted by Crippen LogP contribution is 2.19. The molecule has 0 fully saturated rings. The van der Waals surface area contributed by atoms with E-state index in [-0.39, 0.29) is 35.7 Å². The van der Waals surface area contributed by atoms with Crippen LogP contribution < -0.4 is 16.0 Å². The van der Waals surface area contributed by atoms with E-state index in [1.807, 2.05) is 27.0 Å². The number of carbonyl (C=O) groups excluding carboxylic acids is 1. The quantitative estimate of drug-likeness (QED) is 0.218. The van der Waals surface area contributed by atoms with E-state index in [1.165, 1.54) is 6.07 Å². The number of carbonyl (C=O) groups is 1. The first-order chi connectivity index (χ1) is 12.3. The summed E-state index contributed by atoms with van der Waals surface area (Å²) in [6.45, 7) is 7.42. The van der Waals surface area contributed by atoms with E-state index in [0.717, 1.165) is 22.9 Å². The average Bonchev–Trinajstić information content (AvgIpc) is 2.98. The minimum atomic E-state index is -0.390. The molecular weight excluding hydrogens is 460 g/mol. The van der Waals surface area contributed by atoms with Gasteiger partial charge in [-0.3, -0.25) is 9.79 Å². The molecule has 4 N–H and O–H groups in total. The number of nitrogens with zero attached hydrogens (tertiary/aromatic N) is 1. The molecule has 1 heterocycles. The number of guanidine groups is 1. The fraction of sp³-hybridized carbons (Fsp3) is 0.474. The maximum absolute atomic E-state index is 13.4. The Morgan fingerprint density at radius 3 is 2.48 bits per heavy atom. The number of hydrogen-bond acceptors (Lipinski definition) is 2. The van der Waals surface area contributed by atoms with Crippen LogP contribution in [0.5, 0.6) is 0 Å². The molecule has 2 rings (SSSR count). The van der Waals surface area contributed by atoms with Crippen molar-refractivity contribution in [3.05, 3.63) is 35.8 Å². The normalized spacial score (nSPS) is 11.8. The molecule has 0 aliphatic heterocycles. The number of hydrogen-bond donors (Lipinski definition) is 4. The second kappa shape index (κ2) is 10.5. The first kappa shape index (κ1) is 23.2. The zero-order valence-electron chi connectivity index (χ0n) is 16.3. The number of nitrogens with one attached hydrogen (secondary N) is 4. The average molecular weight is 489 g/mol. The van der Waals surface area contributed by atoms with Gasteiger partial charge in [0, 0.05) is 49.2 Å². The molecular formula is C19H29FIN5O. The van der Waals surface area contributed by atoms with Crippen LogP contribution in [-0.4, -0.2) is 43.5 Å². The molecule has 0 bridgehead atoms. The molecule has 1 aromatic heterocycles. The van der Waals surface area contributed by atoms with Crippen LogP contribution in [-0.2, 0) is 11.2 Å². The van der Waals surface area contributed by atoms with Crippen LogP contribution in [0, 0.1) is 11.2 Å². The van der Waals surface area contributed by atoms with Crippen molar-refractivity contribution in [3.63, 3.8) is 0 Å². The first-order valence-electron chi connectivity index (χ1n) is 8.79. The summed E-state index contributed by atoms with van der Waals surface area (Å²) in [5.74, 6) is 0.455. The predicted octanol–water partition coefficient (Wildman–Crippen LogP) is 2.79.